The molecule has 2 aromatic carbocycles. The van der Waals surface area contributed by atoms with Crippen LogP contribution in [0.3, 0.4) is 0 Å². The summed E-state index contributed by atoms with van der Waals surface area (Å²) in [6, 6.07) is 13.0. The maximum atomic E-state index is 13.4. The first-order valence-electron chi connectivity index (χ1n) is 5.79. The lowest BCUT2D eigenvalue weighted by Crippen LogP contribution is -2.24. The number of carbonyl (C=O) groups is 1. The summed E-state index contributed by atoms with van der Waals surface area (Å²) in [6.45, 7) is 1.61. The third-order valence-corrected chi connectivity index (χ3v) is 3.17. The van der Waals surface area contributed by atoms with E-state index in [1.165, 1.54) is 12.1 Å². The van der Waals surface area contributed by atoms with Crippen molar-refractivity contribution in [1.82, 2.24) is 0 Å². The van der Waals surface area contributed by atoms with Gasteiger partial charge in [0.05, 0.1) is 0 Å². The zero-order chi connectivity index (χ0) is 13.8. The number of ether oxygens (including phenoxy) is 1. The molecule has 0 aliphatic carbocycles. The Labute approximate surface area is 119 Å². The van der Waals surface area contributed by atoms with Crippen molar-refractivity contribution in [3.05, 3.63) is 64.4 Å². The zero-order valence-electron chi connectivity index (χ0n) is 10.3. The second kappa shape index (κ2) is 5.97. The number of hydrogen-bond acceptors (Lipinski definition) is 2. The van der Waals surface area contributed by atoms with E-state index in [0.717, 1.165) is 4.47 Å². The van der Waals surface area contributed by atoms with Crippen LogP contribution in [0.25, 0.3) is 0 Å². The molecule has 0 amide bonds. The third kappa shape index (κ3) is 3.41. The highest BCUT2D eigenvalue weighted by atomic mass is 79.9. The average molecular weight is 323 g/mol. The molecule has 2 aromatic rings. The van der Waals surface area contributed by atoms with Crippen LogP contribution in [0.4, 0.5) is 4.39 Å². The van der Waals surface area contributed by atoms with Crippen molar-refractivity contribution in [1.29, 1.82) is 0 Å². The Morgan fingerprint density at radius 2 is 1.79 bits per heavy atom. The van der Waals surface area contributed by atoms with Crippen molar-refractivity contribution >= 4 is 21.7 Å². The summed E-state index contributed by atoms with van der Waals surface area (Å²) in [4.78, 5) is 12.1. The van der Waals surface area contributed by atoms with Crippen LogP contribution >= 0.6 is 15.9 Å². The zero-order valence-corrected chi connectivity index (χ0v) is 11.9. The van der Waals surface area contributed by atoms with Gasteiger partial charge in [0, 0.05) is 10.0 Å². The molecular formula is C15H12BrFO2. The van der Waals surface area contributed by atoms with Gasteiger partial charge < -0.3 is 4.74 Å². The van der Waals surface area contributed by atoms with E-state index in [4.69, 9.17) is 4.74 Å². The van der Waals surface area contributed by atoms with Gasteiger partial charge in [0.25, 0.3) is 0 Å². The molecule has 0 fully saturated rings. The van der Waals surface area contributed by atoms with E-state index in [-0.39, 0.29) is 11.5 Å². The molecule has 1 unspecified atom stereocenters. The lowest BCUT2D eigenvalue weighted by Gasteiger charge is -2.14. The van der Waals surface area contributed by atoms with Gasteiger partial charge in [0.1, 0.15) is 0 Å². The molecule has 0 bridgehead atoms. The van der Waals surface area contributed by atoms with Gasteiger partial charge in [0.2, 0.25) is 5.78 Å². The number of hydrogen-bond donors (Lipinski definition) is 0. The Bertz CT molecular complexity index is 581. The van der Waals surface area contributed by atoms with Gasteiger partial charge in [-0.25, -0.2) is 4.39 Å². The highest BCUT2D eigenvalue weighted by molar-refractivity contribution is 9.10. The van der Waals surface area contributed by atoms with E-state index in [2.05, 4.69) is 15.9 Å². The third-order valence-electron chi connectivity index (χ3n) is 2.64. The lowest BCUT2D eigenvalue weighted by molar-refractivity contribution is 0.0812. The second-order valence-corrected chi connectivity index (χ2v) is 4.98. The van der Waals surface area contributed by atoms with Crippen molar-refractivity contribution in [3.8, 4) is 5.75 Å². The van der Waals surface area contributed by atoms with E-state index in [1.807, 2.05) is 0 Å². The van der Waals surface area contributed by atoms with Crippen molar-refractivity contribution in [3.63, 3.8) is 0 Å². The molecule has 0 aliphatic heterocycles. The minimum Gasteiger partial charge on any atom is -0.479 e. The van der Waals surface area contributed by atoms with Gasteiger partial charge in [-0.3, -0.25) is 4.79 Å². The summed E-state index contributed by atoms with van der Waals surface area (Å²) in [7, 11) is 0. The Hall–Kier alpha value is -1.68. The lowest BCUT2D eigenvalue weighted by atomic mass is 10.1. The summed E-state index contributed by atoms with van der Waals surface area (Å²) in [5.74, 6) is -0.575. The summed E-state index contributed by atoms with van der Waals surface area (Å²) in [5, 5.41) is 0. The Balaban J connectivity index is 2.12. The van der Waals surface area contributed by atoms with Crippen LogP contribution in [0, 0.1) is 5.82 Å². The molecule has 0 saturated carbocycles. The smallest absolute Gasteiger partial charge is 0.202 e. The predicted octanol–water partition coefficient (Wildman–Crippen LogP) is 4.24. The number of rotatable bonds is 4. The summed E-state index contributed by atoms with van der Waals surface area (Å²) >= 11 is 3.30. The van der Waals surface area contributed by atoms with Crippen molar-refractivity contribution in [2.24, 2.45) is 0 Å². The SMILES string of the molecule is CC(Oc1ccccc1F)C(=O)c1ccc(Br)cc1. The molecule has 2 rings (SSSR count). The van der Waals surface area contributed by atoms with Crippen LogP contribution in [0.15, 0.2) is 53.0 Å². The number of benzene rings is 2. The van der Waals surface area contributed by atoms with Crippen LogP contribution < -0.4 is 4.74 Å². The van der Waals surface area contributed by atoms with Crippen molar-refractivity contribution in [2.45, 2.75) is 13.0 Å². The second-order valence-electron chi connectivity index (χ2n) is 4.06. The molecule has 0 aromatic heterocycles. The highest BCUT2D eigenvalue weighted by Gasteiger charge is 2.18. The first-order chi connectivity index (χ1) is 9.08. The summed E-state index contributed by atoms with van der Waals surface area (Å²) in [6.07, 6.45) is -0.738. The minimum absolute atomic E-state index is 0.0838. The van der Waals surface area contributed by atoms with Gasteiger partial charge in [-0.2, -0.15) is 0 Å². The van der Waals surface area contributed by atoms with Crippen LogP contribution in [0.1, 0.15) is 17.3 Å². The highest BCUT2D eigenvalue weighted by Crippen LogP contribution is 2.19. The molecule has 0 heterocycles. The van der Waals surface area contributed by atoms with Crippen LogP contribution in [0.2, 0.25) is 0 Å². The molecule has 4 heteroatoms. The van der Waals surface area contributed by atoms with E-state index in [1.54, 1.807) is 43.3 Å². The standard InChI is InChI=1S/C15H12BrFO2/c1-10(19-14-5-3-2-4-13(14)17)15(18)11-6-8-12(16)9-7-11/h2-10H,1H3. The summed E-state index contributed by atoms with van der Waals surface area (Å²) in [5.41, 5.74) is 0.534. The fraction of sp³-hybridized carbons (Fsp3) is 0.133. The molecule has 1 atom stereocenters. The molecule has 0 radical (unpaired) electrons. The van der Waals surface area contributed by atoms with E-state index >= 15 is 0 Å². The monoisotopic (exact) mass is 322 g/mol. The fourth-order valence-electron chi connectivity index (χ4n) is 1.63. The Kier molecular flexibility index (Phi) is 4.32. The van der Waals surface area contributed by atoms with Crippen molar-refractivity contribution in [2.75, 3.05) is 0 Å². The number of halogens is 2. The average Bonchev–Trinajstić information content (AvgIpc) is 2.41. The first-order valence-corrected chi connectivity index (χ1v) is 6.58. The van der Waals surface area contributed by atoms with E-state index in [9.17, 15) is 9.18 Å². The molecule has 2 nitrogen and oxygen atoms in total. The molecule has 98 valence electrons. The number of carbonyl (C=O) groups excluding carboxylic acids is 1. The van der Waals surface area contributed by atoms with Gasteiger partial charge >= 0.3 is 0 Å². The minimum atomic E-state index is -0.738. The number of para-hydroxylation sites is 1. The molecule has 0 saturated heterocycles. The molecule has 0 spiro atoms. The summed E-state index contributed by atoms with van der Waals surface area (Å²) < 4.78 is 19.7. The Morgan fingerprint density at radius 1 is 1.16 bits per heavy atom. The normalized spacial score (nSPS) is 11.9. The molecular weight excluding hydrogens is 311 g/mol. The van der Waals surface area contributed by atoms with Crippen LogP contribution in [-0.2, 0) is 0 Å². The van der Waals surface area contributed by atoms with Crippen molar-refractivity contribution < 1.29 is 13.9 Å². The van der Waals surface area contributed by atoms with E-state index < -0.39 is 11.9 Å². The maximum Gasteiger partial charge on any atom is 0.202 e. The quantitative estimate of drug-likeness (QED) is 0.787. The molecule has 0 N–H and O–H groups in total. The first kappa shape index (κ1) is 13.7. The topological polar surface area (TPSA) is 26.3 Å². The maximum absolute atomic E-state index is 13.4. The van der Waals surface area contributed by atoms with Gasteiger partial charge in [-0.1, -0.05) is 40.2 Å². The van der Waals surface area contributed by atoms with Crippen LogP contribution in [0.5, 0.6) is 5.75 Å². The number of ketones is 1. The van der Waals surface area contributed by atoms with E-state index in [0.29, 0.717) is 5.56 Å². The van der Waals surface area contributed by atoms with Crippen LogP contribution in [-0.4, -0.2) is 11.9 Å². The Morgan fingerprint density at radius 3 is 2.42 bits per heavy atom. The molecule has 0 aliphatic rings. The van der Waals surface area contributed by atoms with Gasteiger partial charge in [0.15, 0.2) is 17.7 Å². The van der Waals surface area contributed by atoms with Gasteiger partial charge in [-0.15, -0.1) is 0 Å². The fourth-order valence-corrected chi connectivity index (χ4v) is 1.90. The molecule has 19 heavy (non-hydrogen) atoms. The van der Waals surface area contributed by atoms with Gasteiger partial charge in [-0.05, 0) is 31.2 Å². The largest absolute Gasteiger partial charge is 0.479 e. The number of Topliss-reactive ketones (excluding diaryl/α,β-unsaturated/α-hetero) is 1. The predicted molar refractivity (Wildman–Crippen MR) is 75.0 cm³/mol.